The summed E-state index contributed by atoms with van der Waals surface area (Å²) in [5, 5.41) is 19.8. The lowest BCUT2D eigenvalue weighted by atomic mass is 10.1. The van der Waals surface area contributed by atoms with Gasteiger partial charge in [-0.3, -0.25) is 9.52 Å². The highest BCUT2D eigenvalue weighted by molar-refractivity contribution is 7.46. The Morgan fingerprint density at radius 1 is 1.32 bits per heavy atom. The van der Waals surface area contributed by atoms with Crippen molar-refractivity contribution in [1.29, 1.82) is 0 Å². The Kier molecular flexibility index (Phi) is 3.77. The molecule has 0 aliphatic carbocycles. The maximum absolute atomic E-state index is 10.8. The molecule has 22 heavy (non-hydrogen) atoms. The summed E-state index contributed by atoms with van der Waals surface area (Å²) in [6, 6.07) is -0.556. The van der Waals surface area contributed by atoms with Crippen molar-refractivity contribution < 1.29 is 33.8 Å². The van der Waals surface area contributed by atoms with Crippen molar-refractivity contribution >= 4 is 26.3 Å². The van der Waals surface area contributed by atoms with E-state index in [4.69, 9.17) is 20.3 Å². The van der Waals surface area contributed by atoms with Crippen LogP contribution in [0.2, 0.25) is 0 Å². The van der Waals surface area contributed by atoms with Crippen LogP contribution in [0.5, 0.6) is 0 Å². The number of nitrogens with two attached hydrogens (primary N) is 1. The van der Waals surface area contributed by atoms with Gasteiger partial charge < -0.3 is 35.4 Å². The number of aliphatic hydroxyl groups is 2. The van der Waals surface area contributed by atoms with E-state index >= 15 is 0 Å². The summed E-state index contributed by atoms with van der Waals surface area (Å²) in [5.74, 6) is 0.231. The molecule has 6 unspecified atom stereocenters. The summed E-state index contributed by atoms with van der Waals surface area (Å²) in [5.41, 5.74) is 5.69. The molecule has 6 N–H and O–H groups in total. The molecule has 1 fully saturated rings. The number of hydrogen-bond acceptors (Lipinski definition) is 10. The Hall–Kier alpha value is -1.40. The van der Waals surface area contributed by atoms with Crippen LogP contribution in [0.3, 0.4) is 0 Å². The molecule has 0 spiro atoms. The van der Waals surface area contributed by atoms with Crippen LogP contribution in [0.25, 0.3) is 0 Å². The van der Waals surface area contributed by atoms with Crippen molar-refractivity contribution in [3.8, 4) is 0 Å². The second-order valence-electron chi connectivity index (χ2n) is 4.86. The number of aliphatic imine (C=N–C) groups is 3. The Morgan fingerprint density at radius 2 is 2.05 bits per heavy atom. The highest BCUT2D eigenvalue weighted by atomic mass is 31.2. The second kappa shape index (κ2) is 5.35. The number of nitrogens with zero attached hydrogens (tertiary/aromatic N) is 4. The monoisotopic (exact) mass is 335 g/mol. The molecule has 0 aromatic heterocycles. The average Bonchev–Trinajstić information content (AvgIpc) is 2.95. The zero-order valence-electron chi connectivity index (χ0n) is 10.9. The smallest absolute Gasteiger partial charge is 0.385 e. The van der Waals surface area contributed by atoms with E-state index in [1.54, 1.807) is 0 Å². The lowest BCUT2D eigenvalue weighted by Crippen LogP contribution is -2.51. The van der Waals surface area contributed by atoms with Gasteiger partial charge in [-0.25, -0.2) is 14.5 Å². The van der Waals surface area contributed by atoms with Crippen LogP contribution < -0.4 is 5.73 Å². The van der Waals surface area contributed by atoms with Crippen molar-refractivity contribution in [2.75, 3.05) is 0 Å². The zero-order valence-corrected chi connectivity index (χ0v) is 11.8. The van der Waals surface area contributed by atoms with E-state index in [9.17, 15) is 14.8 Å². The number of aliphatic hydroxyl groups excluding tert-OH is 2. The average molecular weight is 335 g/mol. The van der Waals surface area contributed by atoms with Crippen molar-refractivity contribution in [2.45, 2.75) is 36.9 Å². The predicted octanol–water partition coefficient (Wildman–Crippen LogP) is -3.06. The second-order valence-corrected chi connectivity index (χ2v) is 6.05. The van der Waals surface area contributed by atoms with Gasteiger partial charge in [0.2, 0.25) is 0 Å². The molecule has 0 radical (unpaired) electrons. The van der Waals surface area contributed by atoms with Gasteiger partial charge in [-0.2, -0.15) is 0 Å². The SMILES string of the molecule is NC1=NC=NC2C1N=CN2C1OC(OP(=O)(O)O)C(O)C1O. The van der Waals surface area contributed by atoms with Crippen LogP contribution in [0.1, 0.15) is 0 Å². The molecule has 3 heterocycles. The fraction of sp³-hybridized carbons (Fsp3) is 0.667. The van der Waals surface area contributed by atoms with Crippen molar-refractivity contribution in [1.82, 2.24) is 4.90 Å². The summed E-state index contributed by atoms with van der Waals surface area (Å²) in [4.78, 5) is 30.9. The van der Waals surface area contributed by atoms with Gasteiger partial charge in [0.25, 0.3) is 0 Å². The number of rotatable bonds is 3. The van der Waals surface area contributed by atoms with E-state index in [1.165, 1.54) is 17.6 Å². The van der Waals surface area contributed by atoms with Crippen LogP contribution in [0.4, 0.5) is 0 Å². The van der Waals surface area contributed by atoms with Gasteiger partial charge in [0.15, 0.2) is 18.7 Å². The molecule has 3 aliphatic rings. The lowest BCUT2D eigenvalue weighted by molar-refractivity contribution is -0.143. The first-order valence-electron chi connectivity index (χ1n) is 6.19. The quantitative estimate of drug-likeness (QED) is 0.334. The van der Waals surface area contributed by atoms with E-state index in [2.05, 4.69) is 19.5 Å². The first-order valence-corrected chi connectivity index (χ1v) is 7.72. The minimum Gasteiger partial charge on any atom is -0.385 e. The third kappa shape index (κ3) is 2.65. The van der Waals surface area contributed by atoms with Crippen LogP contribution >= 0.6 is 7.82 Å². The highest BCUT2D eigenvalue weighted by Gasteiger charge is 2.51. The highest BCUT2D eigenvalue weighted by Crippen LogP contribution is 2.42. The molecular weight excluding hydrogens is 321 g/mol. The number of ether oxygens (including phenoxy) is 1. The molecule has 0 amide bonds. The third-order valence-electron chi connectivity index (χ3n) is 3.41. The van der Waals surface area contributed by atoms with Crippen LogP contribution in [0.15, 0.2) is 15.0 Å². The number of phosphoric acid groups is 1. The molecule has 3 rings (SSSR count). The fourth-order valence-electron chi connectivity index (χ4n) is 2.40. The number of amidine groups is 1. The van der Waals surface area contributed by atoms with Gasteiger partial charge in [0.1, 0.15) is 30.4 Å². The van der Waals surface area contributed by atoms with Crippen molar-refractivity contribution in [3.63, 3.8) is 0 Å². The summed E-state index contributed by atoms with van der Waals surface area (Å²) < 4.78 is 20.3. The van der Waals surface area contributed by atoms with Crippen molar-refractivity contribution in [2.24, 2.45) is 20.7 Å². The van der Waals surface area contributed by atoms with Crippen molar-refractivity contribution in [3.05, 3.63) is 0 Å². The predicted molar refractivity (Wildman–Crippen MR) is 71.8 cm³/mol. The summed E-state index contributed by atoms with van der Waals surface area (Å²) in [7, 11) is -4.89. The Labute approximate surface area is 123 Å². The van der Waals surface area contributed by atoms with Gasteiger partial charge in [0.05, 0.1) is 6.34 Å². The van der Waals surface area contributed by atoms with Gasteiger partial charge in [-0.15, -0.1) is 0 Å². The first kappa shape index (κ1) is 15.5. The molecule has 3 aliphatic heterocycles. The van der Waals surface area contributed by atoms with E-state index in [0.29, 0.717) is 0 Å². The molecule has 13 heteroatoms. The minimum absolute atomic E-state index is 0.231. The topological polar surface area (TPSA) is 183 Å². The lowest BCUT2D eigenvalue weighted by Gasteiger charge is -2.31. The van der Waals surface area contributed by atoms with Gasteiger partial charge in [-0.1, -0.05) is 0 Å². The number of phosphoric ester groups is 1. The summed E-state index contributed by atoms with van der Waals surface area (Å²) in [6.07, 6.45) is -4.06. The molecule has 12 nitrogen and oxygen atoms in total. The van der Waals surface area contributed by atoms with Gasteiger partial charge in [-0.05, 0) is 0 Å². The normalized spacial score (nSPS) is 40.9. The standard InChI is InChI=1S/C9H14N5O7P/c10-6-3-7(12-1-11-6)14(2-13-3)8-4(15)5(16)9(20-8)21-22(17,18)19/h1-5,7-9,15-16H,(H2,10,11,12)(H2,17,18,19). The molecule has 122 valence electrons. The minimum atomic E-state index is -4.89. The zero-order chi connectivity index (χ0) is 16.1. The summed E-state index contributed by atoms with van der Waals surface area (Å²) >= 11 is 0. The van der Waals surface area contributed by atoms with E-state index in [0.717, 1.165) is 0 Å². The Balaban J connectivity index is 1.76. The molecule has 0 aromatic carbocycles. The van der Waals surface area contributed by atoms with Crippen LogP contribution in [-0.4, -0.2) is 80.3 Å². The number of hydrogen-bond donors (Lipinski definition) is 5. The van der Waals surface area contributed by atoms with Crippen LogP contribution in [-0.2, 0) is 13.8 Å². The third-order valence-corrected chi connectivity index (χ3v) is 3.89. The molecule has 6 atom stereocenters. The van der Waals surface area contributed by atoms with Crippen LogP contribution in [0, 0.1) is 0 Å². The molecule has 0 aromatic rings. The van der Waals surface area contributed by atoms with E-state index < -0.39 is 44.8 Å². The fourth-order valence-corrected chi connectivity index (χ4v) is 2.85. The first-order chi connectivity index (χ1) is 10.3. The largest absolute Gasteiger partial charge is 0.472 e. The summed E-state index contributed by atoms with van der Waals surface area (Å²) in [6.45, 7) is 0. The molecular formula is C9H14N5O7P. The maximum Gasteiger partial charge on any atom is 0.472 e. The molecule has 0 bridgehead atoms. The Morgan fingerprint density at radius 3 is 2.73 bits per heavy atom. The maximum atomic E-state index is 10.8. The van der Waals surface area contributed by atoms with Gasteiger partial charge in [0, 0.05) is 0 Å². The Bertz CT molecular complexity index is 591. The number of fused-ring (bicyclic) bond motifs is 1. The van der Waals surface area contributed by atoms with Gasteiger partial charge >= 0.3 is 7.82 Å². The van der Waals surface area contributed by atoms with E-state index in [-0.39, 0.29) is 5.84 Å². The van der Waals surface area contributed by atoms with E-state index in [1.807, 2.05) is 0 Å². The molecule has 0 saturated carbocycles. The molecule has 1 saturated heterocycles.